The van der Waals surface area contributed by atoms with E-state index in [1.54, 1.807) is 11.8 Å². The lowest BCUT2D eigenvalue weighted by molar-refractivity contribution is 0.155. The molecule has 0 aromatic rings. The second-order valence-corrected chi connectivity index (χ2v) is 4.01. The van der Waals surface area contributed by atoms with E-state index >= 15 is 0 Å². The molecule has 1 atom stereocenters. The van der Waals surface area contributed by atoms with Gasteiger partial charge in [-0.1, -0.05) is 0 Å². The van der Waals surface area contributed by atoms with E-state index in [2.05, 4.69) is 4.99 Å². The van der Waals surface area contributed by atoms with Crippen LogP contribution in [-0.4, -0.2) is 46.5 Å². The van der Waals surface area contributed by atoms with Crippen LogP contribution in [0.1, 0.15) is 0 Å². The lowest BCUT2D eigenvalue weighted by Gasteiger charge is -2.13. The van der Waals surface area contributed by atoms with Gasteiger partial charge in [0.05, 0.1) is 12.4 Å². The summed E-state index contributed by atoms with van der Waals surface area (Å²) in [5.41, 5.74) is 1.08. The van der Waals surface area contributed by atoms with Crippen LogP contribution >= 0.6 is 11.8 Å². The van der Waals surface area contributed by atoms with Crippen LogP contribution in [0.15, 0.2) is 4.99 Å². The van der Waals surface area contributed by atoms with Gasteiger partial charge >= 0.3 is 6.09 Å². The molecule has 1 N–H and O–H groups in total. The van der Waals surface area contributed by atoms with Gasteiger partial charge in [-0.15, -0.1) is 11.8 Å². The third-order valence-electron chi connectivity index (χ3n) is 2.21. The molecule has 2 aliphatic heterocycles. The van der Waals surface area contributed by atoms with Gasteiger partial charge in [0.25, 0.3) is 0 Å². The highest BCUT2D eigenvalue weighted by Gasteiger charge is 2.32. The molecule has 1 unspecified atom stereocenters. The maximum atomic E-state index is 10.6. The number of likely N-dealkylation sites (tertiary alicyclic amines) is 1. The minimum Gasteiger partial charge on any atom is -0.465 e. The van der Waals surface area contributed by atoms with Crippen molar-refractivity contribution >= 4 is 23.6 Å². The van der Waals surface area contributed by atoms with Gasteiger partial charge in [0, 0.05) is 23.9 Å². The number of hydrogen-bond donors (Lipinski definition) is 1. The van der Waals surface area contributed by atoms with Crippen molar-refractivity contribution in [3.8, 4) is 0 Å². The van der Waals surface area contributed by atoms with Gasteiger partial charge in [-0.25, -0.2) is 4.79 Å². The van der Waals surface area contributed by atoms with Gasteiger partial charge in [-0.2, -0.15) is 0 Å². The van der Waals surface area contributed by atoms with Crippen LogP contribution in [0.4, 0.5) is 4.79 Å². The Kier molecular flexibility index (Phi) is 1.96. The molecule has 12 heavy (non-hydrogen) atoms. The molecule has 66 valence electrons. The molecule has 2 rings (SSSR count). The van der Waals surface area contributed by atoms with Crippen LogP contribution in [0.3, 0.4) is 0 Å². The van der Waals surface area contributed by atoms with E-state index in [1.807, 2.05) is 0 Å². The first-order valence-electron chi connectivity index (χ1n) is 3.86. The number of aliphatic imine (C=N–C) groups is 1. The fourth-order valence-electron chi connectivity index (χ4n) is 1.56. The molecule has 1 saturated heterocycles. The molecule has 2 heterocycles. The van der Waals surface area contributed by atoms with E-state index in [0.29, 0.717) is 19.0 Å². The van der Waals surface area contributed by atoms with Gasteiger partial charge in [-0.05, 0) is 0 Å². The van der Waals surface area contributed by atoms with Gasteiger partial charge in [0.2, 0.25) is 0 Å². The van der Waals surface area contributed by atoms with Gasteiger partial charge in [0.15, 0.2) is 0 Å². The molecular weight excluding hydrogens is 176 g/mol. The summed E-state index contributed by atoms with van der Waals surface area (Å²) in [4.78, 5) is 16.3. The highest BCUT2D eigenvalue weighted by molar-refractivity contribution is 7.99. The highest BCUT2D eigenvalue weighted by atomic mass is 32.2. The minimum absolute atomic E-state index is 0.389. The van der Waals surface area contributed by atoms with Crippen molar-refractivity contribution < 1.29 is 9.90 Å². The van der Waals surface area contributed by atoms with Crippen LogP contribution < -0.4 is 0 Å². The monoisotopic (exact) mass is 186 g/mol. The molecule has 1 amide bonds. The highest BCUT2D eigenvalue weighted by Crippen LogP contribution is 2.23. The molecule has 0 radical (unpaired) electrons. The number of hydrogen-bond acceptors (Lipinski definition) is 3. The molecule has 0 saturated carbocycles. The summed E-state index contributed by atoms with van der Waals surface area (Å²) >= 11 is 1.78. The Morgan fingerprint density at radius 3 is 3.25 bits per heavy atom. The molecule has 5 heteroatoms. The van der Waals surface area contributed by atoms with Crippen molar-refractivity contribution in [1.82, 2.24) is 4.90 Å². The number of amides is 1. The summed E-state index contributed by atoms with van der Waals surface area (Å²) in [5.74, 6) is 2.22. The number of carbonyl (C=O) groups is 1. The predicted octanol–water partition coefficient (Wildman–Crippen LogP) is 0.742. The number of fused-ring (bicyclic) bond motifs is 1. The fraction of sp³-hybridized carbons (Fsp3) is 0.714. The Morgan fingerprint density at radius 2 is 2.58 bits per heavy atom. The van der Waals surface area contributed by atoms with Crippen LogP contribution in [0.5, 0.6) is 0 Å². The second-order valence-electron chi connectivity index (χ2n) is 3.01. The van der Waals surface area contributed by atoms with E-state index in [0.717, 1.165) is 17.3 Å². The Hall–Kier alpha value is -0.710. The van der Waals surface area contributed by atoms with Crippen molar-refractivity contribution in [3.63, 3.8) is 0 Å². The van der Waals surface area contributed by atoms with Gasteiger partial charge < -0.3 is 10.0 Å². The Bertz CT molecular complexity index is 242. The first-order chi connectivity index (χ1) is 5.77. The molecule has 0 aromatic heterocycles. The zero-order valence-corrected chi connectivity index (χ0v) is 7.38. The molecule has 2 aliphatic rings. The molecular formula is C7H10N2O2S. The molecule has 0 aromatic carbocycles. The third kappa shape index (κ3) is 1.29. The molecule has 4 nitrogen and oxygen atoms in total. The van der Waals surface area contributed by atoms with E-state index in [-0.39, 0.29) is 0 Å². The SMILES string of the molecule is O=C(O)N1CC2=NCSCC2C1. The summed E-state index contributed by atoms with van der Waals surface area (Å²) in [6.45, 7) is 1.17. The van der Waals surface area contributed by atoms with Crippen LogP contribution in [-0.2, 0) is 0 Å². The summed E-state index contributed by atoms with van der Waals surface area (Å²) in [6.07, 6.45) is -0.822. The minimum atomic E-state index is -0.822. The first kappa shape index (κ1) is 7.91. The fourth-order valence-corrected chi connectivity index (χ4v) is 2.50. The lowest BCUT2D eigenvalue weighted by Crippen LogP contribution is -2.27. The summed E-state index contributed by atoms with van der Waals surface area (Å²) < 4.78 is 0. The molecule has 0 spiro atoms. The van der Waals surface area contributed by atoms with E-state index in [4.69, 9.17) is 5.11 Å². The van der Waals surface area contributed by atoms with E-state index in [1.165, 1.54) is 4.90 Å². The average molecular weight is 186 g/mol. The van der Waals surface area contributed by atoms with Crippen LogP contribution in [0.2, 0.25) is 0 Å². The second kappa shape index (κ2) is 2.97. The van der Waals surface area contributed by atoms with E-state index < -0.39 is 6.09 Å². The Morgan fingerprint density at radius 1 is 1.75 bits per heavy atom. The smallest absolute Gasteiger partial charge is 0.407 e. The summed E-state index contributed by atoms with van der Waals surface area (Å²) in [5, 5.41) is 8.72. The number of rotatable bonds is 0. The van der Waals surface area contributed by atoms with Crippen LogP contribution in [0, 0.1) is 5.92 Å². The lowest BCUT2D eigenvalue weighted by atomic mass is 10.1. The van der Waals surface area contributed by atoms with E-state index in [9.17, 15) is 4.79 Å². The van der Waals surface area contributed by atoms with Gasteiger partial charge in [-0.3, -0.25) is 4.99 Å². The van der Waals surface area contributed by atoms with Crippen molar-refractivity contribution in [2.45, 2.75) is 0 Å². The quantitative estimate of drug-likeness (QED) is 0.607. The first-order valence-corrected chi connectivity index (χ1v) is 5.01. The molecule has 1 fully saturated rings. The number of thioether (sulfide) groups is 1. The Labute approximate surface area is 74.7 Å². The zero-order chi connectivity index (χ0) is 8.55. The molecule has 0 aliphatic carbocycles. The standard InChI is InChI=1S/C7H10N2O2S/c10-7(11)9-1-5-3-12-4-8-6(5)2-9/h5H,1-4H2,(H,10,11). The Balaban J connectivity index is 2.09. The topological polar surface area (TPSA) is 52.9 Å². The van der Waals surface area contributed by atoms with Gasteiger partial charge in [0.1, 0.15) is 0 Å². The van der Waals surface area contributed by atoms with Crippen molar-refractivity contribution in [3.05, 3.63) is 0 Å². The van der Waals surface area contributed by atoms with Crippen molar-refractivity contribution in [1.29, 1.82) is 0 Å². The zero-order valence-electron chi connectivity index (χ0n) is 6.56. The average Bonchev–Trinajstić information content (AvgIpc) is 2.46. The maximum absolute atomic E-state index is 10.6. The summed E-state index contributed by atoms with van der Waals surface area (Å²) in [7, 11) is 0. The summed E-state index contributed by atoms with van der Waals surface area (Å²) in [6, 6.07) is 0. The third-order valence-corrected chi connectivity index (χ3v) is 3.16. The van der Waals surface area contributed by atoms with Crippen molar-refractivity contribution in [2.75, 3.05) is 24.7 Å². The van der Waals surface area contributed by atoms with Crippen molar-refractivity contribution in [2.24, 2.45) is 10.9 Å². The normalized spacial score (nSPS) is 28.2. The largest absolute Gasteiger partial charge is 0.465 e. The molecule has 0 bridgehead atoms. The predicted molar refractivity (Wildman–Crippen MR) is 47.8 cm³/mol. The van der Waals surface area contributed by atoms with Crippen LogP contribution in [0.25, 0.3) is 0 Å². The number of carboxylic acid groups (broad SMARTS) is 1. The number of nitrogens with zero attached hydrogens (tertiary/aromatic N) is 2. The maximum Gasteiger partial charge on any atom is 0.407 e.